The molecule has 0 amide bonds. The first-order valence-electron chi connectivity index (χ1n) is 9.94. The number of methoxy groups -OCH3 is 1. The van der Waals surface area contributed by atoms with Gasteiger partial charge >= 0.3 is 6.61 Å². The number of aliphatic imine (C=N–C) groups is 1. The zero-order valence-corrected chi connectivity index (χ0v) is 21.1. The smallest absolute Gasteiger partial charge is 0.387 e. The Hall–Kier alpha value is -2.96. The number of nitrogens with one attached hydrogen (secondary N) is 2. The summed E-state index contributed by atoms with van der Waals surface area (Å²) < 4.78 is 36.9. The molecule has 11 heteroatoms. The van der Waals surface area contributed by atoms with Gasteiger partial charge in [0, 0.05) is 37.6 Å². The van der Waals surface area contributed by atoms with Crippen LogP contribution in [-0.4, -0.2) is 41.5 Å². The van der Waals surface area contributed by atoms with Crippen molar-refractivity contribution < 1.29 is 18.3 Å². The summed E-state index contributed by atoms with van der Waals surface area (Å²) in [5.41, 5.74) is 3.41. The molecule has 0 saturated carbocycles. The van der Waals surface area contributed by atoms with E-state index in [1.807, 2.05) is 32.0 Å². The van der Waals surface area contributed by atoms with Crippen molar-refractivity contribution >= 4 is 29.9 Å². The maximum Gasteiger partial charge on any atom is 0.387 e. The first-order valence-corrected chi connectivity index (χ1v) is 9.94. The fraction of sp³-hybridized carbons (Fsp3) is 0.318. The first-order chi connectivity index (χ1) is 15.4. The van der Waals surface area contributed by atoms with E-state index in [0.29, 0.717) is 23.8 Å². The van der Waals surface area contributed by atoms with E-state index in [1.54, 1.807) is 30.1 Å². The van der Waals surface area contributed by atoms with Crippen LogP contribution in [0, 0.1) is 13.8 Å². The van der Waals surface area contributed by atoms with Gasteiger partial charge in [0.2, 0.25) is 0 Å². The molecule has 0 aliphatic carbocycles. The predicted molar refractivity (Wildman–Crippen MR) is 133 cm³/mol. The molecular formula is C22H27F2IN6O2. The Labute approximate surface area is 208 Å². The molecular weight excluding hydrogens is 545 g/mol. The van der Waals surface area contributed by atoms with Crippen molar-refractivity contribution in [2.45, 2.75) is 33.5 Å². The number of aromatic nitrogens is 3. The molecule has 1 aromatic carbocycles. The summed E-state index contributed by atoms with van der Waals surface area (Å²) >= 11 is 0. The van der Waals surface area contributed by atoms with E-state index in [1.165, 1.54) is 13.2 Å². The minimum atomic E-state index is -2.91. The largest absolute Gasteiger partial charge is 0.497 e. The second kappa shape index (κ2) is 12.3. The fourth-order valence-electron chi connectivity index (χ4n) is 3.12. The van der Waals surface area contributed by atoms with Crippen LogP contribution in [-0.2, 0) is 13.1 Å². The van der Waals surface area contributed by atoms with Crippen molar-refractivity contribution in [2.75, 3.05) is 14.2 Å². The van der Waals surface area contributed by atoms with E-state index < -0.39 is 6.61 Å². The Kier molecular flexibility index (Phi) is 9.82. The number of benzene rings is 1. The average molecular weight is 572 g/mol. The van der Waals surface area contributed by atoms with Crippen molar-refractivity contribution in [3.8, 4) is 17.3 Å². The van der Waals surface area contributed by atoms with Gasteiger partial charge in [-0.2, -0.15) is 13.9 Å². The molecule has 2 heterocycles. The molecule has 0 radical (unpaired) electrons. The van der Waals surface area contributed by atoms with Crippen molar-refractivity contribution in [1.82, 2.24) is 25.4 Å². The number of rotatable bonds is 8. The Morgan fingerprint density at radius 3 is 2.45 bits per heavy atom. The lowest BCUT2D eigenvalue weighted by atomic mass is 10.2. The van der Waals surface area contributed by atoms with Crippen LogP contribution >= 0.6 is 24.0 Å². The summed E-state index contributed by atoms with van der Waals surface area (Å²) in [6, 6.07) is 10.5. The summed E-state index contributed by atoms with van der Waals surface area (Å²) in [5.74, 6) is 1.86. The number of hydrogen-bond donors (Lipinski definition) is 2. The number of aryl methyl sites for hydroxylation is 2. The Morgan fingerprint density at radius 1 is 1.12 bits per heavy atom. The van der Waals surface area contributed by atoms with Gasteiger partial charge in [0.15, 0.2) is 11.8 Å². The average Bonchev–Trinajstić information content (AvgIpc) is 3.12. The summed E-state index contributed by atoms with van der Waals surface area (Å²) in [5, 5.41) is 10.7. The third-order valence-corrected chi connectivity index (χ3v) is 4.65. The number of nitrogens with zero attached hydrogens (tertiary/aromatic N) is 4. The Balaban J connectivity index is 0.00000385. The highest BCUT2D eigenvalue weighted by molar-refractivity contribution is 14.0. The van der Waals surface area contributed by atoms with E-state index in [4.69, 9.17) is 4.74 Å². The first kappa shape index (κ1) is 26.3. The lowest BCUT2D eigenvalue weighted by molar-refractivity contribution is -0.0505. The quantitative estimate of drug-likeness (QED) is 0.242. The minimum Gasteiger partial charge on any atom is -0.497 e. The highest BCUT2D eigenvalue weighted by Crippen LogP contribution is 2.25. The monoisotopic (exact) mass is 572 g/mol. The number of halogens is 3. The molecule has 2 aromatic heterocycles. The van der Waals surface area contributed by atoms with Crippen LogP contribution in [0.25, 0.3) is 5.82 Å². The van der Waals surface area contributed by atoms with Gasteiger partial charge in [0.25, 0.3) is 0 Å². The third-order valence-electron chi connectivity index (χ3n) is 4.65. The van der Waals surface area contributed by atoms with Gasteiger partial charge in [0.05, 0.1) is 12.8 Å². The standard InChI is InChI=1S/C22H26F2N6O2.HI/c1-14-9-15(2)30(29-14)20-8-5-16(11-26-20)12-27-22(25-3)28-13-17-10-18(31-4)6-7-19(17)32-21(23)24;/h5-11,21H,12-13H2,1-4H3,(H2,25,27,28);1H. The van der Waals surface area contributed by atoms with E-state index in [2.05, 4.69) is 30.4 Å². The topological polar surface area (TPSA) is 85.6 Å². The van der Waals surface area contributed by atoms with Gasteiger partial charge in [-0.25, -0.2) is 9.67 Å². The van der Waals surface area contributed by atoms with Crippen molar-refractivity contribution in [2.24, 2.45) is 4.99 Å². The van der Waals surface area contributed by atoms with E-state index in [-0.39, 0.29) is 36.3 Å². The maximum absolute atomic E-state index is 12.7. The van der Waals surface area contributed by atoms with Gasteiger partial charge in [-0.05, 0) is 49.7 Å². The summed E-state index contributed by atoms with van der Waals surface area (Å²) in [6.45, 7) is 1.70. The zero-order valence-electron chi connectivity index (χ0n) is 18.8. The lowest BCUT2D eigenvalue weighted by Gasteiger charge is -2.15. The van der Waals surface area contributed by atoms with Crippen LogP contribution in [0.5, 0.6) is 11.5 Å². The van der Waals surface area contributed by atoms with E-state index in [0.717, 1.165) is 22.8 Å². The van der Waals surface area contributed by atoms with Crippen LogP contribution in [0.2, 0.25) is 0 Å². The molecule has 0 spiro atoms. The molecule has 33 heavy (non-hydrogen) atoms. The summed E-state index contributed by atoms with van der Waals surface area (Å²) in [4.78, 5) is 8.65. The highest BCUT2D eigenvalue weighted by Gasteiger charge is 2.12. The van der Waals surface area contributed by atoms with Crippen LogP contribution in [0.1, 0.15) is 22.5 Å². The molecule has 0 aliphatic heterocycles. The van der Waals surface area contributed by atoms with Crippen LogP contribution in [0.3, 0.4) is 0 Å². The van der Waals surface area contributed by atoms with Gasteiger partial charge < -0.3 is 20.1 Å². The molecule has 3 rings (SSSR count). The molecule has 8 nitrogen and oxygen atoms in total. The second-order valence-electron chi connectivity index (χ2n) is 7.00. The molecule has 0 saturated heterocycles. The molecule has 0 bridgehead atoms. The number of guanidine groups is 1. The number of ether oxygens (including phenoxy) is 2. The SMILES string of the molecule is CN=C(NCc1ccc(-n2nc(C)cc2C)nc1)NCc1cc(OC)ccc1OC(F)F.I. The minimum absolute atomic E-state index is 0. The number of hydrogen-bond acceptors (Lipinski definition) is 5. The molecule has 178 valence electrons. The van der Waals surface area contributed by atoms with E-state index >= 15 is 0 Å². The van der Waals surface area contributed by atoms with E-state index in [9.17, 15) is 8.78 Å². The molecule has 0 atom stereocenters. The highest BCUT2D eigenvalue weighted by atomic mass is 127. The Morgan fingerprint density at radius 2 is 1.88 bits per heavy atom. The van der Waals surface area contributed by atoms with Crippen LogP contribution in [0.4, 0.5) is 8.78 Å². The van der Waals surface area contributed by atoms with Crippen molar-refractivity contribution in [3.63, 3.8) is 0 Å². The van der Waals surface area contributed by atoms with Crippen molar-refractivity contribution in [1.29, 1.82) is 0 Å². The molecule has 0 unspecified atom stereocenters. The third kappa shape index (κ3) is 7.27. The second-order valence-corrected chi connectivity index (χ2v) is 7.00. The molecule has 3 aromatic rings. The molecule has 0 aliphatic rings. The fourth-order valence-corrected chi connectivity index (χ4v) is 3.12. The predicted octanol–water partition coefficient (Wildman–Crippen LogP) is 3.98. The maximum atomic E-state index is 12.7. The summed E-state index contributed by atoms with van der Waals surface area (Å²) in [6.07, 6.45) is 1.77. The van der Waals surface area contributed by atoms with Crippen LogP contribution < -0.4 is 20.1 Å². The summed E-state index contributed by atoms with van der Waals surface area (Å²) in [7, 11) is 3.14. The number of alkyl halides is 2. The van der Waals surface area contributed by atoms with Gasteiger partial charge in [-0.15, -0.1) is 24.0 Å². The van der Waals surface area contributed by atoms with Gasteiger partial charge in [-0.3, -0.25) is 4.99 Å². The molecule has 0 fully saturated rings. The Bertz CT molecular complexity index is 1070. The van der Waals surface area contributed by atoms with Gasteiger partial charge in [-0.1, -0.05) is 6.07 Å². The molecule has 2 N–H and O–H groups in total. The lowest BCUT2D eigenvalue weighted by Crippen LogP contribution is -2.36. The zero-order chi connectivity index (χ0) is 23.1. The van der Waals surface area contributed by atoms with Gasteiger partial charge in [0.1, 0.15) is 11.5 Å². The normalized spacial score (nSPS) is 11.2. The van der Waals surface area contributed by atoms with Crippen LogP contribution in [0.15, 0.2) is 47.6 Å². The number of pyridine rings is 1. The van der Waals surface area contributed by atoms with Crippen molar-refractivity contribution in [3.05, 3.63) is 65.1 Å².